The van der Waals surface area contributed by atoms with Crippen LogP contribution in [0.1, 0.15) is 25.7 Å². The first-order valence-corrected chi connectivity index (χ1v) is 11.0. The molecule has 0 spiro atoms. The van der Waals surface area contributed by atoms with E-state index in [1.54, 1.807) is 16.7 Å². The standard InChI is InChI=1S/C22H26FN7O2/c1-32-22(31)16-5-3-9-29(16)20-10-18(26-15-4-2-8-24-11-15)27-21(28-20)17-12-25-19-7-6-14(23)13-30(17)19/h6-7,10,12-13,15-16,24H,2-5,8-9,11H2,1H3,(H,26,27,28)/t15?,16-/m0/s1. The molecule has 32 heavy (non-hydrogen) atoms. The number of carbonyl (C=O) groups is 1. The highest BCUT2D eigenvalue weighted by atomic mass is 19.1. The summed E-state index contributed by atoms with van der Waals surface area (Å²) in [4.78, 5) is 28.2. The van der Waals surface area contributed by atoms with Gasteiger partial charge in [-0.25, -0.2) is 24.1 Å². The highest BCUT2D eigenvalue weighted by Crippen LogP contribution is 2.29. The fourth-order valence-electron chi connectivity index (χ4n) is 4.50. The van der Waals surface area contributed by atoms with Gasteiger partial charge in [-0.05, 0) is 44.4 Å². The van der Waals surface area contributed by atoms with Crippen LogP contribution in [0.25, 0.3) is 17.2 Å². The number of ether oxygens (including phenoxy) is 1. The molecule has 0 amide bonds. The Morgan fingerprint density at radius 2 is 2.19 bits per heavy atom. The third kappa shape index (κ3) is 3.97. The van der Waals surface area contributed by atoms with E-state index in [0.29, 0.717) is 41.8 Å². The van der Waals surface area contributed by atoms with E-state index < -0.39 is 0 Å². The Morgan fingerprint density at radius 1 is 1.28 bits per heavy atom. The molecule has 2 fully saturated rings. The van der Waals surface area contributed by atoms with Gasteiger partial charge in [0.05, 0.1) is 13.3 Å². The van der Waals surface area contributed by atoms with Crippen LogP contribution in [0.3, 0.4) is 0 Å². The molecule has 3 aromatic heterocycles. The van der Waals surface area contributed by atoms with Crippen LogP contribution in [0.4, 0.5) is 16.0 Å². The molecule has 5 rings (SSSR count). The molecule has 10 heteroatoms. The number of nitrogens with one attached hydrogen (secondary N) is 2. The number of nitrogens with zero attached hydrogens (tertiary/aromatic N) is 5. The van der Waals surface area contributed by atoms with E-state index in [4.69, 9.17) is 14.7 Å². The first-order chi connectivity index (χ1) is 15.6. The van der Waals surface area contributed by atoms with Gasteiger partial charge in [-0.3, -0.25) is 4.40 Å². The second-order valence-corrected chi connectivity index (χ2v) is 8.22. The number of imidazole rings is 1. The molecule has 0 saturated carbocycles. The van der Waals surface area contributed by atoms with Crippen molar-refractivity contribution in [2.75, 3.05) is 37.0 Å². The van der Waals surface area contributed by atoms with Crippen LogP contribution < -0.4 is 15.5 Å². The molecule has 0 aromatic carbocycles. The maximum absolute atomic E-state index is 13.9. The number of halogens is 1. The minimum Gasteiger partial charge on any atom is -0.467 e. The van der Waals surface area contributed by atoms with Crippen molar-refractivity contribution in [2.24, 2.45) is 0 Å². The van der Waals surface area contributed by atoms with Crippen molar-refractivity contribution < 1.29 is 13.9 Å². The van der Waals surface area contributed by atoms with Crippen molar-refractivity contribution in [1.29, 1.82) is 0 Å². The molecular weight excluding hydrogens is 413 g/mol. The van der Waals surface area contributed by atoms with E-state index in [0.717, 1.165) is 32.4 Å². The first-order valence-electron chi connectivity index (χ1n) is 11.0. The van der Waals surface area contributed by atoms with E-state index in [-0.39, 0.29) is 23.9 Å². The summed E-state index contributed by atoms with van der Waals surface area (Å²) < 4.78 is 20.6. The Balaban J connectivity index is 1.57. The summed E-state index contributed by atoms with van der Waals surface area (Å²) in [6.45, 7) is 2.56. The zero-order valence-electron chi connectivity index (χ0n) is 17.9. The van der Waals surface area contributed by atoms with Gasteiger partial charge < -0.3 is 20.3 Å². The average Bonchev–Trinajstić information content (AvgIpc) is 3.46. The van der Waals surface area contributed by atoms with Gasteiger partial charge in [-0.2, -0.15) is 0 Å². The largest absolute Gasteiger partial charge is 0.467 e. The number of esters is 1. The van der Waals surface area contributed by atoms with Crippen LogP contribution in [0.2, 0.25) is 0 Å². The van der Waals surface area contributed by atoms with Crippen LogP contribution >= 0.6 is 0 Å². The van der Waals surface area contributed by atoms with Crippen molar-refractivity contribution in [2.45, 2.75) is 37.8 Å². The lowest BCUT2D eigenvalue weighted by atomic mass is 10.1. The van der Waals surface area contributed by atoms with Crippen molar-refractivity contribution in [3.05, 3.63) is 36.4 Å². The smallest absolute Gasteiger partial charge is 0.328 e. The Hall–Kier alpha value is -3.27. The molecular formula is C22H26FN7O2. The number of hydrogen-bond donors (Lipinski definition) is 2. The molecule has 1 unspecified atom stereocenters. The fourth-order valence-corrected chi connectivity index (χ4v) is 4.50. The minimum atomic E-state index is -0.383. The number of piperidine rings is 1. The van der Waals surface area contributed by atoms with E-state index >= 15 is 0 Å². The molecule has 5 heterocycles. The lowest BCUT2D eigenvalue weighted by molar-refractivity contribution is -0.141. The number of pyridine rings is 1. The topological polar surface area (TPSA) is 96.7 Å². The molecule has 2 aliphatic rings. The van der Waals surface area contributed by atoms with Crippen LogP contribution in [0.5, 0.6) is 0 Å². The third-order valence-corrected chi connectivity index (χ3v) is 6.08. The van der Waals surface area contributed by atoms with Gasteiger partial charge in [-0.1, -0.05) is 0 Å². The molecule has 2 N–H and O–H groups in total. The maximum atomic E-state index is 13.9. The van der Waals surface area contributed by atoms with Crippen LogP contribution in [0, 0.1) is 5.82 Å². The molecule has 0 bridgehead atoms. The Kier molecular flexibility index (Phi) is 5.60. The maximum Gasteiger partial charge on any atom is 0.328 e. The normalized spacial score (nSPS) is 21.1. The molecule has 2 atom stereocenters. The number of anilines is 2. The first kappa shape index (κ1) is 20.6. The molecule has 3 aromatic rings. The highest BCUT2D eigenvalue weighted by molar-refractivity contribution is 5.80. The predicted molar refractivity (Wildman–Crippen MR) is 118 cm³/mol. The van der Waals surface area contributed by atoms with Gasteiger partial charge in [0.2, 0.25) is 0 Å². The fraction of sp³-hybridized carbons (Fsp3) is 0.455. The van der Waals surface area contributed by atoms with E-state index in [9.17, 15) is 9.18 Å². The number of fused-ring (bicyclic) bond motifs is 1. The quantitative estimate of drug-likeness (QED) is 0.585. The van der Waals surface area contributed by atoms with E-state index in [1.165, 1.54) is 19.4 Å². The van der Waals surface area contributed by atoms with E-state index in [1.807, 2.05) is 11.0 Å². The van der Waals surface area contributed by atoms with Crippen molar-refractivity contribution in [3.63, 3.8) is 0 Å². The number of hydrogen-bond acceptors (Lipinski definition) is 8. The van der Waals surface area contributed by atoms with Crippen LogP contribution in [-0.2, 0) is 9.53 Å². The van der Waals surface area contributed by atoms with Gasteiger partial charge in [0.15, 0.2) is 5.82 Å². The molecule has 9 nitrogen and oxygen atoms in total. The molecule has 168 valence electrons. The summed E-state index contributed by atoms with van der Waals surface area (Å²) in [5.74, 6) is 1.08. The lowest BCUT2D eigenvalue weighted by Crippen LogP contribution is -2.39. The summed E-state index contributed by atoms with van der Waals surface area (Å²) in [6.07, 6.45) is 6.72. The number of carbonyl (C=O) groups excluding carboxylic acids is 1. The average molecular weight is 439 g/mol. The van der Waals surface area contributed by atoms with Crippen LogP contribution in [0.15, 0.2) is 30.6 Å². The molecule has 0 aliphatic carbocycles. The monoisotopic (exact) mass is 439 g/mol. The SMILES string of the molecule is COC(=O)[C@@H]1CCCN1c1cc(NC2CCCNC2)nc(-c2cnc3ccc(F)cn23)n1. The molecule has 2 saturated heterocycles. The number of rotatable bonds is 5. The summed E-state index contributed by atoms with van der Waals surface area (Å²) in [7, 11) is 1.40. The van der Waals surface area contributed by atoms with Gasteiger partial charge in [0.25, 0.3) is 0 Å². The van der Waals surface area contributed by atoms with Gasteiger partial charge in [-0.15, -0.1) is 0 Å². The predicted octanol–water partition coefficient (Wildman–Crippen LogP) is 2.24. The minimum absolute atomic E-state index is 0.244. The summed E-state index contributed by atoms with van der Waals surface area (Å²) in [6, 6.07) is 4.73. The highest BCUT2D eigenvalue weighted by Gasteiger charge is 2.33. The summed E-state index contributed by atoms with van der Waals surface area (Å²) in [5.41, 5.74) is 1.19. The van der Waals surface area contributed by atoms with Crippen molar-refractivity contribution in [1.82, 2.24) is 24.7 Å². The Labute approximate surface area is 185 Å². The summed E-state index contributed by atoms with van der Waals surface area (Å²) in [5, 5.41) is 6.90. The lowest BCUT2D eigenvalue weighted by Gasteiger charge is -2.27. The van der Waals surface area contributed by atoms with Crippen molar-refractivity contribution in [3.8, 4) is 11.5 Å². The van der Waals surface area contributed by atoms with Crippen molar-refractivity contribution >= 4 is 23.3 Å². The molecule has 2 aliphatic heterocycles. The zero-order chi connectivity index (χ0) is 22.1. The van der Waals surface area contributed by atoms with Crippen LogP contribution in [-0.4, -0.2) is 64.1 Å². The van der Waals surface area contributed by atoms with Gasteiger partial charge in [0.1, 0.15) is 34.8 Å². The third-order valence-electron chi connectivity index (χ3n) is 6.08. The number of aromatic nitrogens is 4. The van der Waals surface area contributed by atoms with E-state index in [2.05, 4.69) is 15.6 Å². The molecule has 0 radical (unpaired) electrons. The zero-order valence-corrected chi connectivity index (χ0v) is 17.9. The van der Waals surface area contributed by atoms with Gasteiger partial charge in [0, 0.05) is 31.4 Å². The summed E-state index contributed by atoms with van der Waals surface area (Å²) >= 11 is 0. The number of methoxy groups -OCH3 is 1. The second-order valence-electron chi connectivity index (χ2n) is 8.22. The second kappa shape index (κ2) is 8.70. The van der Waals surface area contributed by atoms with Gasteiger partial charge >= 0.3 is 5.97 Å². The Morgan fingerprint density at radius 3 is 3.00 bits per heavy atom. The Bertz CT molecular complexity index is 1130.